The zero-order chi connectivity index (χ0) is 27.8. The van der Waals surface area contributed by atoms with Gasteiger partial charge in [-0.2, -0.15) is 0 Å². The van der Waals surface area contributed by atoms with E-state index in [9.17, 15) is 9.59 Å². The van der Waals surface area contributed by atoms with E-state index < -0.39 is 5.97 Å². The highest BCUT2D eigenvalue weighted by molar-refractivity contribution is 7.27. The number of esters is 1. The molecule has 0 spiro atoms. The average molecular weight is 554 g/mol. The Hall–Kier alpha value is -4.36. The molecule has 9 nitrogen and oxygen atoms in total. The Morgan fingerprint density at radius 3 is 2.65 bits per heavy atom. The number of pyridine rings is 3. The second kappa shape index (κ2) is 10.7. The number of rotatable bonds is 8. The Morgan fingerprint density at radius 2 is 1.90 bits per heavy atom. The standard InChI is InChI=1S/C30H28N5O4P/c1-18-6-7-20(25(40)14-18)17-39-27-5-3-4-22(32-27)19-12-13-34(28(36)15-19)16-26-31-23-10-11-24(30(37)38-2)33-29(23)35(26)21-8-9-21/h3-7,10-15,21H,8-9,16-17,40H2,1-2H3. The molecule has 6 rings (SSSR count). The minimum atomic E-state index is -0.494. The molecule has 1 aliphatic carbocycles. The molecule has 1 aromatic carbocycles. The topological polar surface area (TPSA) is 101 Å². The minimum Gasteiger partial charge on any atom is -0.473 e. The Labute approximate surface area is 233 Å². The number of imidazole rings is 1. The van der Waals surface area contributed by atoms with E-state index in [4.69, 9.17) is 14.5 Å². The highest BCUT2D eigenvalue weighted by Gasteiger charge is 2.29. The maximum atomic E-state index is 13.2. The lowest BCUT2D eigenvalue weighted by Gasteiger charge is -2.11. The normalized spacial score (nSPS) is 13.0. The monoisotopic (exact) mass is 553 g/mol. The molecule has 40 heavy (non-hydrogen) atoms. The Bertz CT molecular complexity index is 1810. The van der Waals surface area contributed by atoms with Crippen LogP contribution < -0.4 is 15.6 Å². The minimum absolute atomic E-state index is 0.171. The van der Waals surface area contributed by atoms with Gasteiger partial charge in [0.2, 0.25) is 5.88 Å². The number of aromatic nitrogens is 5. The quantitative estimate of drug-likeness (QED) is 0.210. The van der Waals surface area contributed by atoms with Crippen molar-refractivity contribution < 1.29 is 14.3 Å². The van der Waals surface area contributed by atoms with E-state index in [0.717, 1.165) is 29.5 Å². The number of fused-ring (bicyclic) bond motifs is 1. The Kier molecular flexibility index (Phi) is 6.90. The van der Waals surface area contributed by atoms with Crippen molar-refractivity contribution >= 4 is 31.7 Å². The fourth-order valence-electron chi connectivity index (χ4n) is 4.67. The first kappa shape index (κ1) is 25.9. The van der Waals surface area contributed by atoms with Gasteiger partial charge in [-0.3, -0.25) is 4.79 Å². The summed E-state index contributed by atoms with van der Waals surface area (Å²) in [4.78, 5) is 39.1. The SMILES string of the molecule is COC(=O)c1ccc2nc(Cn3ccc(-c4cccc(OCc5ccc(C)cc5P)n4)cc3=O)n(C3CC3)c2n1. The fraction of sp³-hybridized carbons (Fsp3) is 0.233. The Morgan fingerprint density at radius 1 is 1.05 bits per heavy atom. The molecule has 4 heterocycles. The lowest BCUT2D eigenvalue weighted by atomic mass is 10.1. The molecule has 4 aromatic heterocycles. The van der Waals surface area contributed by atoms with Gasteiger partial charge in [-0.05, 0) is 54.9 Å². The van der Waals surface area contributed by atoms with Crippen molar-refractivity contribution in [2.45, 2.75) is 39.0 Å². The molecular weight excluding hydrogens is 525 g/mol. The number of carbonyl (C=O) groups excluding carboxylic acids is 1. The number of methoxy groups -OCH3 is 1. The molecule has 1 atom stereocenters. The number of hydrogen-bond donors (Lipinski definition) is 0. The molecule has 0 bridgehead atoms. The van der Waals surface area contributed by atoms with Crippen LogP contribution in [-0.4, -0.2) is 37.2 Å². The highest BCUT2D eigenvalue weighted by atomic mass is 31.0. The molecule has 5 aromatic rings. The summed E-state index contributed by atoms with van der Waals surface area (Å²) < 4.78 is 14.4. The van der Waals surface area contributed by atoms with Crippen molar-refractivity contribution in [1.29, 1.82) is 0 Å². The number of hydrogen-bond acceptors (Lipinski definition) is 7. The van der Waals surface area contributed by atoms with E-state index in [1.54, 1.807) is 29.0 Å². The Balaban J connectivity index is 1.24. The van der Waals surface area contributed by atoms with E-state index in [0.29, 0.717) is 34.9 Å². The average Bonchev–Trinajstić information content (AvgIpc) is 3.73. The zero-order valence-corrected chi connectivity index (χ0v) is 23.4. The van der Waals surface area contributed by atoms with Crippen LogP contribution in [-0.2, 0) is 17.9 Å². The van der Waals surface area contributed by atoms with Gasteiger partial charge in [0.05, 0.1) is 19.3 Å². The van der Waals surface area contributed by atoms with E-state index in [1.807, 2.05) is 34.9 Å². The van der Waals surface area contributed by atoms with Crippen LogP contribution in [0.1, 0.15) is 46.3 Å². The van der Waals surface area contributed by atoms with Gasteiger partial charge in [0.25, 0.3) is 5.56 Å². The molecule has 1 aliphatic rings. The van der Waals surface area contributed by atoms with Crippen LogP contribution in [0.4, 0.5) is 0 Å². The van der Waals surface area contributed by atoms with Crippen LogP contribution in [0.15, 0.2) is 71.7 Å². The van der Waals surface area contributed by atoms with Crippen LogP contribution in [0.3, 0.4) is 0 Å². The predicted molar refractivity (Wildman–Crippen MR) is 155 cm³/mol. The predicted octanol–water partition coefficient (Wildman–Crippen LogP) is 4.21. The maximum Gasteiger partial charge on any atom is 0.356 e. The van der Waals surface area contributed by atoms with Crippen molar-refractivity contribution in [3.63, 3.8) is 0 Å². The van der Waals surface area contributed by atoms with Gasteiger partial charge in [-0.25, -0.2) is 19.7 Å². The summed E-state index contributed by atoms with van der Waals surface area (Å²) in [5.74, 6) is 0.717. The second-order valence-corrected chi connectivity index (χ2v) is 10.5. The van der Waals surface area contributed by atoms with Gasteiger partial charge in [0, 0.05) is 29.9 Å². The fourth-order valence-corrected chi connectivity index (χ4v) is 5.11. The summed E-state index contributed by atoms with van der Waals surface area (Å²) in [6.07, 6.45) is 3.76. The van der Waals surface area contributed by atoms with Crippen LogP contribution in [0.25, 0.3) is 22.4 Å². The lowest BCUT2D eigenvalue weighted by molar-refractivity contribution is 0.0594. The molecule has 0 aliphatic heterocycles. The van der Waals surface area contributed by atoms with Gasteiger partial charge in [0.1, 0.15) is 17.9 Å². The van der Waals surface area contributed by atoms with Crippen molar-refractivity contribution in [2.75, 3.05) is 7.11 Å². The van der Waals surface area contributed by atoms with Gasteiger partial charge < -0.3 is 18.6 Å². The van der Waals surface area contributed by atoms with Crippen molar-refractivity contribution in [1.82, 2.24) is 24.1 Å². The van der Waals surface area contributed by atoms with Crippen molar-refractivity contribution in [3.05, 3.63) is 99.9 Å². The van der Waals surface area contributed by atoms with E-state index >= 15 is 0 Å². The first-order valence-corrected chi connectivity index (χ1v) is 13.6. The maximum absolute atomic E-state index is 13.2. The first-order chi connectivity index (χ1) is 19.4. The molecular formula is C30H28N5O4P. The zero-order valence-electron chi connectivity index (χ0n) is 22.2. The molecule has 0 amide bonds. The van der Waals surface area contributed by atoms with E-state index in [-0.39, 0.29) is 23.8 Å². The molecule has 0 saturated heterocycles. The largest absolute Gasteiger partial charge is 0.473 e. The number of carbonyl (C=O) groups is 1. The van der Waals surface area contributed by atoms with Crippen LogP contribution >= 0.6 is 9.24 Å². The molecule has 1 saturated carbocycles. The molecule has 0 radical (unpaired) electrons. The molecule has 10 heteroatoms. The summed E-state index contributed by atoms with van der Waals surface area (Å²) in [6.45, 7) is 2.73. The van der Waals surface area contributed by atoms with Gasteiger partial charge in [0.15, 0.2) is 11.3 Å². The van der Waals surface area contributed by atoms with Gasteiger partial charge >= 0.3 is 5.97 Å². The van der Waals surface area contributed by atoms with Crippen LogP contribution in [0, 0.1) is 6.92 Å². The van der Waals surface area contributed by atoms with Crippen LogP contribution in [0.2, 0.25) is 0 Å². The van der Waals surface area contributed by atoms with Crippen molar-refractivity contribution in [2.24, 2.45) is 0 Å². The molecule has 0 N–H and O–H groups in total. The van der Waals surface area contributed by atoms with Gasteiger partial charge in [-0.15, -0.1) is 9.24 Å². The highest BCUT2D eigenvalue weighted by Crippen LogP contribution is 2.38. The third-order valence-electron chi connectivity index (χ3n) is 6.92. The second-order valence-electron chi connectivity index (χ2n) is 9.89. The summed E-state index contributed by atoms with van der Waals surface area (Å²) >= 11 is 0. The summed E-state index contributed by atoms with van der Waals surface area (Å²) in [5, 5.41) is 1.09. The molecule has 1 unspecified atom stereocenters. The van der Waals surface area contributed by atoms with E-state index in [1.165, 1.54) is 12.7 Å². The lowest BCUT2D eigenvalue weighted by Crippen LogP contribution is -2.21. The van der Waals surface area contributed by atoms with Gasteiger partial charge in [-0.1, -0.05) is 29.8 Å². The van der Waals surface area contributed by atoms with E-state index in [2.05, 4.69) is 38.3 Å². The van der Waals surface area contributed by atoms with Crippen LogP contribution in [0.5, 0.6) is 5.88 Å². The number of ether oxygens (including phenoxy) is 2. The number of nitrogens with zero attached hydrogens (tertiary/aromatic N) is 5. The number of aryl methyl sites for hydroxylation is 1. The third-order valence-corrected chi connectivity index (χ3v) is 7.46. The summed E-state index contributed by atoms with van der Waals surface area (Å²) in [7, 11) is 4.07. The molecule has 1 fully saturated rings. The summed E-state index contributed by atoms with van der Waals surface area (Å²) in [5.41, 5.74) is 4.99. The first-order valence-electron chi connectivity index (χ1n) is 13.0. The smallest absolute Gasteiger partial charge is 0.356 e. The van der Waals surface area contributed by atoms with Crippen molar-refractivity contribution in [3.8, 4) is 17.1 Å². The third kappa shape index (κ3) is 5.25. The summed E-state index contributed by atoms with van der Waals surface area (Å²) in [6, 6.07) is 18.8. The molecule has 202 valence electrons. The number of benzene rings is 1.